The number of anilines is 1. The standard InChI is InChI=1S/C19H26N6O2/c1-4-20-19(26)17-5-6-18(23-22-17)25-10-8-16(13-25)27-15-7-9-21-14(11-15)12-24(2)3/h5-7,9,11,16H,4,8,10,12-13H2,1-3H3,(H,20,26). The number of nitrogens with one attached hydrogen (secondary N) is 1. The molecule has 1 aliphatic rings. The van der Waals surface area contributed by atoms with Gasteiger partial charge in [-0.25, -0.2) is 0 Å². The van der Waals surface area contributed by atoms with Crippen molar-refractivity contribution in [2.75, 3.05) is 38.6 Å². The Kier molecular flexibility index (Phi) is 6.18. The first-order chi connectivity index (χ1) is 13.0. The number of rotatable bonds is 7. The summed E-state index contributed by atoms with van der Waals surface area (Å²) in [5, 5.41) is 10.9. The Hall–Kier alpha value is -2.74. The van der Waals surface area contributed by atoms with Gasteiger partial charge in [0.05, 0.1) is 12.2 Å². The van der Waals surface area contributed by atoms with E-state index in [1.54, 1.807) is 12.3 Å². The van der Waals surface area contributed by atoms with E-state index in [2.05, 4.69) is 30.3 Å². The van der Waals surface area contributed by atoms with Gasteiger partial charge in [0.2, 0.25) is 0 Å². The second kappa shape index (κ2) is 8.77. The lowest BCUT2D eigenvalue weighted by molar-refractivity contribution is 0.0950. The van der Waals surface area contributed by atoms with Gasteiger partial charge in [-0.15, -0.1) is 10.2 Å². The second-order valence-corrected chi connectivity index (χ2v) is 6.83. The van der Waals surface area contributed by atoms with Gasteiger partial charge in [0.25, 0.3) is 5.91 Å². The van der Waals surface area contributed by atoms with Crippen molar-refractivity contribution >= 4 is 11.7 Å². The molecule has 0 bridgehead atoms. The van der Waals surface area contributed by atoms with Crippen molar-refractivity contribution in [3.8, 4) is 5.75 Å². The van der Waals surface area contributed by atoms with Gasteiger partial charge in [-0.2, -0.15) is 0 Å². The van der Waals surface area contributed by atoms with Crippen LogP contribution in [0.5, 0.6) is 5.75 Å². The minimum absolute atomic E-state index is 0.0875. The molecule has 1 atom stereocenters. The molecule has 1 fully saturated rings. The molecule has 8 nitrogen and oxygen atoms in total. The fourth-order valence-electron chi connectivity index (χ4n) is 3.03. The zero-order chi connectivity index (χ0) is 19.2. The number of nitrogens with zero attached hydrogens (tertiary/aromatic N) is 5. The molecule has 2 aromatic heterocycles. The second-order valence-electron chi connectivity index (χ2n) is 6.83. The van der Waals surface area contributed by atoms with Crippen molar-refractivity contribution in [1.82, 2.24) is 25.4 Å². The lowest BCUT2D eigenvalue weighted by Crippen LogP contribution is -2.27. The van der Waals surface area contributed by atoms with Crippen LogP contribution in [0.15, 0.2) is 30.5 Å². The highest BCUT2D eigenvalue weighted by molar-refractivity contribution is 5.92. The summed E-state index contributed by atoms with van der Waals surface area (Å²) in [5.74, 6) is 1.40. The van der Waals surface area contributed by atoms with E-state index in [1.165, 1.54) is 0 Å². The van der Waals surface area contributed by atoms with Crippen molar-refractivity contribution in [2.45, 2.75) is 26.0 Å². The molecule has 0 spiro atoms. The fraction of sp³-hybridized carbons (Fsp3) is 0.474. The largest absolute Gasteiger partial charge is 0.488 e. The van der Waals surface area contributed by atoms with Gasteiger partial charge in [-0.1, -0.05) is 0 Å². The summed E-state index contributed by atoms with van der Waals surface area (Å²) in [5.41, 5.74) is 1.32. The fourth-order valence-corrected chi connectivity index (χ4v) is 3.03. The minimum Gasteiger partial charge on any atom is -0.488 e. The van der Waals surface area contributed by atoms with Crippen LogP contribution in [-0.4, -0.2) is 65.8 Å². The zero-order valence-electron chi connectivity index (χ0n) is 16.1. The van der Waals surface area contributed by atoms with Gasteiger partial charge >= 0.3 is 0 Å². The number of hydrogen-bond acceptors (Lipinski definition) is 7. The smallest absolute Gasteiger partial charge is 0.271 e. The molecule has 2 aromatic rings. The summed E-state index contributed by atoms with van der Waals surface area (Å²) in [4.78, 5) is 20.3. The van der Waals surface area contributed by atoms with E-state index in [1.807, 2.05) is 39.2 Å². The van der Waals surface area contributed by atoms with Crippen LogP contribution in [0.25, 0.3) is 0 Å². The number of carbonyl (C=O) groups excluding carboxylic acids is 1. The minimum atomic E-state index is -0.203. The summed E-state index contributed by atoms with van der Waals surface area (Å²) in [6.45, 7) is 4.80. The van der Waals surface area contributed by atoms with Crippen molar-refractivity contribution in [2.24, 2.45) is 0 Å². The first kappa shape index (κ1) is 19.0. The van der Waals surface area contributed by atoms with Crippen LogP contribution in [0, 0.1) is 0 Å². The molecule has 3 rings (SSSR count). The van der Waals surface area contributed by atoms with Crippen LogP contribution in [0.4, 0.5) is 5.82 Å². The molecule has 27 heavy (non-hydrogen) atoms. The van der Waals surface area contributed by atoms with Crippen LogP contribution in [-0.2, 0) is 6.54 Å². The molecule has 8 heteroatoms. The predicted octanol–water partition coefficient (Wildman–Crippen LogP) is 1.34. The maximum Gasteiger partial charge on any atom is 0.271 e. The van der Waals surface area contributed by atoms with E-state index < -0.39 is 0 Å². The van der Waals surface area contributed by atoms with Gasteiger partial charge in [0.1, 0.15) is 11.9 Å². The zero-order valence-corrected chi connectivity index (χ0v) is 16.1. The molecular formula is C19H26N6O2. The maximum absolute atomic E-state index is 11.8. The van der Waals surface area contributed by atoms with Crippen LogP contribution >= 0.6 is 0 Å². The highest BCUT2D eigenvalue weighted by atomic mass is 16.5. The first-order valence-corrected chi connectivity index (χ1v) is 9.18. The summed E-state index contributed by atoms with van der Waals surface area (Å²) in [7, 11) is 4.03. The van der Waals surface area contributed by atoms with Crippen molar-refractivity contribution in [1.29, 1.82) is 0 Å². The summed E-state index contributed by atoms with van der Waals surface area (Å²) < 4.78 is 6.13. The molecule has 0 saturated carbocycles. The van der Waals surface area contributed by atoms with E-state index in [4.69, 9.17) is 4.74 Å². The number of carbonyl (C=O) groups is 1. The van der Waals surface area contributed by atoms with Crippen molar-refractivity contribution in [3.05, 3.63) is 41.9 Å². The average Bonchev–Trinajstić information content (AvgIpc) is 3.10. The number of aromatic nitrogens is 3. The third-order valence-electron chi connectivity index (χ3n) is 4.26. The van der Waals surface area contributed by atoms with Gasteiger partial charge in [-0.3, -0.25) is 9.78 Å². The molecule has 144 valence electrons. The Balaban J connectivity index is 1.58. The molecule has 1 unspecified atom stereocenters. The monoisotopic (exact) mass is 370 g/mol. The number of amides is 1. The number of ether oxygens (including phenoxy) is 1. The number of hydrogen-bond donors (Lipinski definition) is 1. The predicted molar refractivity (Wildman–Crippen MR) is 103 cm³/mol. The normalized spacial score (nSPS) is 16.6. The van der Waals surface area contributed by atoms with E-state index >= 15 is 0 Å². The van der Waals surface area contributed by atoms with E-state index in [9.17, 15) is 4.79 Å². The first-order valence-electron chi connectivity index (χ1n) is 9.18. The van der Waals surface area contributed by atoms with Gasteiger partial charge < -0.3 is 19.9 Å². The molecule has 0 radical (unpaired) electrons. The van der Waals surface area contributed by atoms with Crippen LogP contribution in [0.2, 0.25) is 0 Å². The highest BCUT2D eigenvalue weighted by Crippen LogP contribution is 2.22. The molecule has 0 aliphatic carbocycles. The van der Waals surface area contributed by atoms with Gasteiger partial charge in [0, 0.05) is 38.3 Å². The lowest BCUT2D eigenvalue weighted by atomic mass is 10.3. The van der Waals surface area contributed by atoms with Crippen molar-refractivity contribution < 1.29 is 9.53 Å². The Labute approximate surface area is 159 Å². The van der Waals surface area contributed by atoms with Crippen LogP contribution in [0.1, 0.15) is 29.5 Å². The molecule has 1 saturated heterocycles. The topological polar surface area (TPSA) is 83.5 Å². The quantitative estimate of drug-likeness (QED) is 0.787. The van der Waals surface area contributed by atoms with Crippen molar-refractivity contribution in [3.63, 3.8) is 0 Å². The van der Waals surface area contributed by atoms with Gasteiger partial charge in [-0.05, 0) is 39.2 Å². The Bertz CT molecular complexity index is 765. The molecule has 1 amide bonds. The van der Waals surface area contributed by atoms with E-state index in [0.29, 0.717) is 12.2 Å². The summed E-state index contributed by atoms with van der Waals surface area (Å²) in [6, 6.07) is 7.42. The number of pyridine rings is 1. The molecule has 3 heterocycles. The lowest BCUT2D eigenvalue weighted by Gasteiger charge is -2.18. The Morgan fingerprint density at radius 1 is 1.33 bits per heavy atom. The molecule has 0 aromatic carbocycles. The SMILES string of the molecule is CCNC(=O)c1ccc(N2CCC(Oc3ccnc(CN(C)C)c3)C2)nn1. The Morgan fingerprint density at radius 3 is 2.89 bits per heavy atom. The van der Waals surface area contributed by atoms with E-state index in [0.717, 1.165) is 43.3 Å². The van der Waals surface area contributed by atoms with Crippen LogP contribution < -0.4 is 15.0 Å². The Morgan fingerprint density at radius 2 is 2.19 bits per heavy atom. The third kappa shape index (κ3) is 5.13. The highest BCUT2D eigenvalue weighted by Gasteiger charge is 2.25. The third-order valence-corrected chi connectivity index (χ3v) is 4.26. The van der Waals surface area contributed by atoms with Crippen LogP contribution in [0.3, 0.4) is 0 Å². The molecule has 1 aliphatic heterocycles. The summed E-state index contributed by atoms with van der Waals surface area (Å²) >= 11 is 0. The average molecular weight is 370 g/mol. The molecule has 1 N–H and O–H groups in total. The van der Waals surface area contributed by atoms with Gasteiger partial charge in [0.15, 0.2) is 11.5 Å². The maximum atomic E-state index is 11.8. The summed E-state index contributed by atoms with van der Waals surface area (Å²) in [6.07, 6.45) is 2.78. The molecular weight excluding hydrogens is 344 g/mol. The van der Waals surface area contributed by atoms with E-state index in [-0.39, 0.29) is 12.0 Å².